The molecule has 1 amide bonds. The first-order valence-electron chi connectivity index (χ1n) is 6.78. The van der Waals surface area contributed by atoms with E-state index < -0.39 is 10.0 Å². The summed E-state index contributed by atoms with van der Waals surface area (Å²) in [7, 11) is -3.43. The van der Waals surface area contributed by atoms with Crippen molar-refractivity contribution >= 4 is 21.6 Å². The Morgan fingerprint density at radius 2 is 1.90 bits per heavy atom. The largest absolute Gasteiger partial charge is 0.355 e. The van der Waals surface area contributed by atoms with Gasteiger partial charge in [0.2, 0.25) is 15.9 Å². The molecule has 0 aromatic heterocycles. The van der Waals surface area contributed by atoms with Gasteiger partial charge < -0.3 is 5.32 Å². The zero-order valence-corrected chi connectivity index (χ0v) is 12.7. The van der Waals surface area contributed by atoms with Crippen molar-refractivity contribution in [3.8, 4) is 0 Å². The van der Waals surface area contributed by atoms with Crippen molar-refractivity contribution in [1.29, 1.82) is 0 Å². The smallest absolute Gasteiger partial charge is 0.234 e. The molecular weight excluding hydrogens is 276 g/mol. The fraction of sp³-hybridized carbons (Fsp3) is 0.500. The van der Waals surface area contributed by atoms with Gasteiger partial charge in [0, 0.05) is 18.2 Å². The second kappa shape index (κ2) is 7.89. The molecule has 0 saturated heterocycles. The van der Waals surface area contributed by atoms with Crippen LogP contribution in [0.1, 0.15) is 26.7 Å². The van der Waals surface area contributed by atoms with E-state index in [1.165, 1.54) is 0 Å². The molecule has 0 aliphatic heterocycles. The molecule has 0 aliphatic rings. The van der Waals surface area contributed by atoms with Crippen molar-refractivity contribution in [2.45, 2.75) is 26.7 Å². The summed E-state index contributed by atoms with van der Waals surface area (Å²) in [5.74, 6) is -0.307. The van der Waals surface area contributed by atoms with Gasteiger partial charge >= 0.3 is 0 Å². The summed E-state index contributed by atoms with van der Waals surface area (Å²) in [4.78, 5) is 11.7. The summed E-state index contributed by atoms with van der Waals surface area (Å²) in [5, 5.41) is 2.65. The Hall–Kier alpha value is -1.56. The first-order valence-corrected chi connectivity index (χ1v) is 8.43. The topological polar surface area (TPSA) is 75.3 Å². The molecule has 0 fully saturated rings. The van der Waals surface area contributed by atoms with E-state index in [1.807, 2.05) is 19.9 Å². The predicted octanol–water partition coefficient (Wildman–Crippen LogP) is 1.98. The molecule has 0 aliphatic carbocycles. The van der Waals surface area contributed by atoms with Gasteiger partial charge in [-0.3, -0.25) is 9.52 Å². The van der Waals surface area contributed by atoms with Crippen molar-refractivity contribution in [2.75, 3.05) is 17.0 Å². The average Bonchev–Trinajstić information content (AvgIpc) is 2.39. The third-order valence-corrected chi connectivity index (χ3v) is 4.17. The molecule has 1 atom stereocenters. The number of anilines is 1. The highest BCUT2D eigenvalue weighted by atomic mass is 32.2. The average molecular weight is 298 g/mol. The second-order valence-corrected chi connectivity index (χ2v) is 6.61. The number of para-hydroxylation sites is 1. The zero-order valence-electron chi connectivity index (χ0n) is 11.9. The zero-order chi connectivity index (χ0) is 15.0. The quantitative estimate of drug-likeness (QED) is 0.770. The van der Waals surface area contributed by atoms with E-state index in [9.17, 15) is 13.2 Å². The van der Waals surface area contributed by atoms with Crippen molar-refractivity contribution in [2.24, 2.45) is 5.92 Å². The maximum Gasteiger partial charge on any atom is 0.234 e. The Kier molecular flexibility index (Phi) is 6.51. The normalized spacial score (nSPS) is 12.7. The van der Waals surface area contributed by atoms with Crippen LogP contribution in [0.4, 0.5) is 5.69 Å². The van der Waals surface area contributed by atoms with E-state index in [0.717, 1.165) is 12.8 Å². The van der Waals surface area contributed by atoms with E-state index >= 15 is 0 Å². The van der Waals surface area contributed by atoms with Crippen LogP contribution in [0.25, 0.3) is 0 Å². The summed E-state index contributed by atoms with van der Waals surface area (Å²) in [5.41, 5.74) is 0.526. The van der Waals surface area contributed by atoms with E-state index in [4.69, 9.17) is 0 Å². The summed E-state index contributed by atoms with van der Waals surface area (Å²) in [6.07, 6.45) is 1.74. The van der Waals surface area contributed by atoms with Crippen molar-refractivity contribution in [3.63, 3.8) is 0 Å². The molecule has 112 valence electrons. The fourth-order valence-electron chi connectivity index (χ4n) is 1.78. The van der Waals surface area contributed by atoms with E-state index in [1.54, 1.807) is 24.3 Å². The van der Waals surface area contributed by atoms with Crippen LogP contribution in [0.3, 0.4) is 0 Å². The highest BCUT2D eigenvalue weighted by Gasteiger charge is 2.14. The van der Waals surface area contributed by atoms with Gasteiger partial charge in [0.15, 0.2) is 0 Å². The third kappa shape index (κ3) is 6.06. The molecule has 2 N–H and O–H groups in total. The van der Waals surface area contributed by atoms with Gasteiger partial charge in [-0.2, -0.15) is 0 Å². The lowest BCUT2D eigenvalue weighted by Crippen LogP contribution is -2.34. The molecule has 1 rings (SSSR count). The van der Waals surface area contributed by atoms with E-state index in [2.05, 4.69) is 10.0 Å². The molecular formula is C14H22N2O3S. The number of benzene rings is 1. The lowest BCUT2D eigenvalue weighted by molar-refractivity contribution is -0.124. The first kappa shape index (κ1) is 16.5. The summed E-state index contributed by atoms with van der Waals surface area (Å²) < 4.78 is 26.1. The van der Waals surface area contributed by atoms with Crippen LogP contribution in [-0.2, 0) is 14.8 Å². The number of carbonyl (C=O) groups is 1. The van der Waals surface area contributed by atoms with Crippen LogP contribution in [0, 0.1) is 5.92 Å². The van der Waals surface area contributed by atoms with Gasteiger partial charge in [0.1, 0.15) is 0 Å². The predicted molar refractivity (Wildman–Crippen MR) is 80.9 cm³/mol. The Bertz CT molecular complexity index is 514. The number of hydrogen-bond donors (Lipinski definition) is 2. The molecule has 0 spiro atoms. The van der Waals surface area contributed by atoms with Crippen molar-refractivity contribution in [3.05, 3.63) is 30.3 Å². The Balaban J connectivity index is 2.39. The molecule has 0 radical (unpaired) electrons. The van der Waals surface area contributed by atoms with E-state index in [0.29, 0.717) is 5.69 Å². The standard InChI is InChI=1S/C14H22N2O3S/c1-3-7-12(2)14(17)15-10-11-20(18,19)16-13-8-5-4-6-9-13/h4-6,8-9,12,16H,3,7,10-11H2,1-2H3,(H,15,17)/t12-/m0/s1. The van der Waals surface area contributed by atoms with Crippen LogP contribution >= 0.6 is 0 Å². The minimum atomic E-state index is -3.43. The summed E-state index contributed by atoms with van der Waals surface area (Å²) >= 11 is 0. The van der Waals surface area contributed by atoms with Gasteiger partial charge in [-0.1, -0.05) is 38.5 Å². The molecule has 0 saturated carbocycles. The molecule has 20 heavy (non-hydrogen) atoms. The van der Waals surface area contributed by atoms with Crippen LogP contribution < -0.4 is 10.0 Å². The number of hydrogen-bond acceptors (Lipinski definition) is 3. The Morgan fingerprint density at radius 3 is 2.50 bits per heavy atom. The SMILES string of the molecule is CCC[C@H](C)C(=O)NCCS(=O)(=O)Nc1ccccc1. The Morgan fingerprint density at radius 1 is 1.25 bits per heavy atom. The lowest BCUT2D eigenvalue weighted by Gasteiger charge is -2.12. The van der Waals surface area contributed by atoms with Crippen LogP contribution in [0.2, 0.25) is 0 Å². The highest BCUT2D eigenvalue weighted by molar-refractivity contribution is 7.92. The highest BCUT2D eigenvalue weighted by Crippen LogP contribution is 2.08. The third-order valence-electron chi connectivity index (χ3n) is 2.89. The van der Waals surface area contributed by atoms with Crippen molar-refractivity contribution < 1.29 is 13.2 Å². The maximum absolute atomic E-state index is 11.8. The number of sulfonamides is 1. The number of rotatable bonds is 8. The summed E-state index contributed by atoms with van der Waals surface area (Å²) in [6.45, 7) is 3.97. The molecule has 5 nitrogen and oxygen atoms in total. The molecule has 0 bridgehead atoms. The molecule has 6 heteroatoms. The van der Waals surface area contributed by atoms with Gasteiger partial charge in [-0.05, 0) is 18.6 Å². The number of amides is 1. The molecule has 0 unspecified atom stereocenters. The van der Waals surface area contributed by atoms with Gasteiger partial charge in [0.05, 0.1) is 5.75 Å². The summed E-state index contributed by atoms with van der Waals surface area (Å²) in [6, 6.07) is 8.68. The minimum Gasteiger partial charge on any atom is -0.355 e. The number of nitrogens with one attached hydrogen (secondary N) is 2. The molecule has 1 aromatic carbocycles. The fourth-order valence-corrected chi connectivity index (χ4v) is 2.75. The van der Waals surface area contributed by atoms with Gasteiger partial charge in [0.25, 0.3) is 0 Å². The lowest BCUT2D eigenvalue weighted by atomic mass is 10.1. The molecule has 1 aromatic rings. The molecule has 0 heterocycles. The van der Waals surface area contributed by atoms with Crippen LogP contribution in [0.5, 0.6) is 0 Å². The maximum atomic E-state index is 11.8. The van der Waals surface area contributed by atoms with Crippen molar-refractivity contribution in [1.82, 2.24) is 5.32 Å². The Labute approximate surface area is 120 Å². The van der Waals surface area contributed by atoms with Gasteiger partial charge in [-0.25, -0.2) is 8.42 Å². The first-order chi connectivity index (χ1) is 9.44. The van der Waals surface area contributed by atoms with Crippen LogP contribution in [-0.4, -0.2) is 26.6 Å². The second-order valence-electron chi connectivity index (χ2n) is 4.77. The van der Waals surface area contributed by atoms with Gasteiger partial charge in [-0.15, -0.1) is 0 Å². The van der Waals surface area contributed by atoms with Crippen LogP contribution in [0.15, 0.2) is 30.3 Å². The monoisotopic (exact) mass is 298 g/mol. The van der Waals surface area contributed by atoms with E-state index in [-0.39, 0.29) is 24.1 Å². The number of carbonyl (C=O) groups excluding carboxylic acids is 1. The minimum absolute atomic E-state index is 0.0789.